The van der Waals surface area contributed by atoms with Gasteiger partial charge in [0.15, 0.2) is 11.5 Å². The number of carbonyl (C=O) groups excluding carboxylic acids is 3. The predicted molar refractivity (Wildman–Crippen MR) is 55.3 cm³/mol. The van der Waals surface area contributed by atoms with Crippen molar-refractivity contribution in [3.8, 4) is 0 Å². The minimum atomic E-state index is -0.884. The smallest absolute Gasteiger partial charge is 0.417 e. The number of imide groups is 1. The maximum atomic E-state index is 11.6. The molecule has 6 heteroatoms. The van der Waals surface area contributed by atoms with Gasteiger partial charge < -0.3 is 4.74 Å². The standard InChI is InChI=1S/C10H14N2O4/c1-10(2,3)16-9(15)12-5-4-6(13)7(11)8(12)14/h11H,4-5H2,1-3H3. The molecule has 1 aliphatic rings. The third kappa shape index (κ3) is 2.65. The highest BCUT2D eigenvalue weighted by Crippen LogP contribution is 2.13. The number of nitrogens with zero attached hydrogens (tertiary/aromatic N) is 1. The van der Waals surface area contributed by atoms with Gasteiger partial charge in [0, 0.05) is 13.0 Å². The van der Waals surface area contributed by atoms with E-state index in [2.05, 4.69) is 0 Å². The number of carbonyl (C=O) groups is 3. The average Bonchev–Trinajstić information content (AvgIpc) is 2.11. The van der Waals surface area contributed by atoms with E-state index in [9.17, 15) is 14.4 Å². The SMILES string of the molecule is CC(C)(C)OC(=O)N1CCC(=O)C(=N)C1=O. The molecule has 1 heterocycles. The van der Waals surface area contributed by atoms with E-state index >= 15 is 0 Å². The molecule has 0 aromatic heterocycles. The summed E-state index contributed by atoms with van der Waals surface area (Å²) in [4.78, 5) is 34.8. The first-order valence-corrected chi connectivity index (χ1v) is 4.89. The first-order chi connectivity index (χ1) is 7.22. The van der Waals surface area contributed by atoms with Crippen LogP contribution in [0.25, 0.3) is 0 Å². The van der Waals surface area contributed by atoms with Gasteiger partial charge in [0.05, 0.1) is 0 Å². The fourth-order valence-electron chi connectivity index (χ4n) is 1.19. The second kappa shape index (κ2) is 4.03. The summed E-state index contributed by atoms with van der Waals surface area (Å²) < 4.78 is 4.99. The summed E-state index contributed by atoms with van der Waals surface area (Å²) in [6.45, 7) is 5.01. The molecule has 0 radical (unpaired) electrons. The molecule has 0 aliphatic carbocycles. The minimum Gasteiger partial charge on any atom is -0.443 e. The number of likely N-dealkylation sites (tertiary alicyclic amines) is 1. The minimum absolute atomic E-state index is 0.0101. The van der Waals surface area contributed by atoms with E-state index in [0.29, 0.717) is 0 Å². The molecule has 1 aliphatic heterocycles. The van der Waals surface area contributed by atoms with Crippen LogP contribution in [0.15, 0.2) is 0 Å². The van der Waals surface area contributed by atoms with Gasteiger partial charge in [-0.1, -0.05) is 0 Å². The molecule has 0 aromatic rings. The lowest BCUT2D eigenvalue weighted by atomic mass is 10.1. The molecule has 0 bridgehead atoms. The Hall–Kier alpha value is -1.72. The van der Waals surface area contributed by atoms with Crippen LogP contribution < -0.4 is 0 Å². The van der Waals surface area contributed by atoms with Gasteiger partial charge in [-0.2, -0.15) is 0 Å². The lowest BCUT2D eigenvalue weighted by molar-refractivity contribution is -0.127. The average molecular weight is 226 g/mol. The van der Waals surface area contributed by atoms with Gasteiger partial charge in [0.2, 0.25) is 0 Å². The first-order valence-electron chi connectivity index (χ1n) is 4.89. The number of hydrogen-bond acceptors (Lipinski definition) is 5. The lowest BCUT2D eigenvalue weighted by Crippen LogP contribution is -2.50. The van der Waals surface area contributed by atoms with E-state index in [1.54, 1.807) is 20.8 Å². The normalized spacial score (nSPS) is 17.7. The molecular formula is C10H14N2O4. The Kier molecular flexibility index (Phi) is 3.11. The van der Waals surface area contributed by atoms with Crippen molar-refractivity contribution in [1.82, 2.24) is 4.90 Å². The Morgan fingerprint density at radius 2 is 1.94 bits per heavy atom. The van der Waals surface area contributed by atoms with Crippen molar-refractivity contribution in [1.29, 1.82) is 5.41 Å². The number of ether oxygens (including phenoxy) is 1. The Bertz CT molecular complexity index is 368. The van der Waals surface area contributed by atoms with Crippen LogP contribution in [0.2, 0.25) is 0 Å². The summed E-state index contributed by atoms with van der Waals surface area (Å²) >= 11 is 0. The molecule has 1 saturated heterocycles. The van der Waals surface area contributed by atoms with Crippen molar-refractivity contribution in [2.45, 2.75) is 32.8 Å². The number of amides is 2. The van der Waals surface area contributed by atoms with Crippen molar-refractivity contribution in [3.63, 3.8) is 0 Å². The van der Waals surface area contributed by atoms with Crippen LogP contribution in [0.3, 0.4) is 0 Å². The zero-order valence-corrected chi connectivity index (χ0v) is 9.49. The van der Waals surface area contributed by atoms with Crippen LogP contribution in [0.1, 0.15) is 27.2 Å². The summed E-state index contributed by atoms with van der Waals surface area (Å²) in [6.07, 6.45) is -0.821. The molecule has 1 N–H and O–H groups in total. The molecular weight excluding hydrogens is 212 g/mol. The van der Waals surface area contributed by atoms with Gasteiger partial charge in [-0.25, -0.2) is 9.69 Å². The second-order valence-corrected chi connectivity index (χ2v) is 4.49. The largest absolute Gasteiger partial charge is 0.443 e. The first kappa shape index (κ1) is 12.4. The molecule has 0 spiro atoms. The monoisotopic (exact) mass is 226 g/mol. The molecule has 0 unspecified atom stereocenters. The van der Waals surface area contributed by atoms with Crippen LogP contribution in [0.5, 0.6) is 0 Å². The van der Waals surface area contributed by atoms with E-state index in [4.69, 9.17) is 10.1 Å². The Morgan fingerprint density at radius 1 is 1.38 bits per heavy atom. The third-order valence-corrected chi connectivity index (χ3v) is 1.91. The third-order valence-electron chi connectivity index (χ3n) is 1.91. The number of piperidine rings is 1. The highest BCUT2D eigenvalue weighted by molar-refractivity contribution is 6.66. The van der Waals surface area contributed by atoms with Crippen LogP contribution >= 0.6 is 0 Å². The quantitative estimate of drug-likeness (QED) is 0.660. The molecule has 88 valence electrons. The molecule has 6 nitrogen and oxygen atoms in total. The second-order valence-electron chi connectivity index (χ2n) is 4.49. The predicted octanol–water partition coefficient (Wildman–Crippen LogP) is 0.743. The number of Topliss-reactive ketones (excluding diaryl/α,β-unsaturated/α-hetero) is 1. The van der Waals surface area contributed by atoms with Crippen LogP contribution in [0.4, 0.5) is 4.79 Å². The number of rotatable bonds is 0. The van der Waals surface area contributed by atoms with Crippen LogP contribution in [-0.4, -0.2) is 40.5 Å². The van der Waals surface area contributed by atoms with E-state index in [1.165, 1.54) is 0 Å². The maximum Gasteiger partial charge on any atom is 0.417 e. The molecule has 0 aromatic carbocycles. The van der Waals surface area contributed by atoms with Crippen molar-refractivity contribution < 1.29 is 19.1 Å². The Labute approximate surface area is 93.1 Å². The lowest BCUT2D eigenvalue weighted by Gasteiger charge is -2.28. The molecule has 0 atom stereocenters. The highest BCUT2D eigenvalue weighted by Gasteiger charge is 2.36. The Morgan fingerprint density at radius 3 is 2.44 bits per heavy atom. The number of hydrogen-bond donors (Lipinski definition) is 1. The van der Waals surface area contributed by atoms with Gasteiger partial charge in [-0.3, -0.25) is 15.0 Å². The van der Waals surface area contributed by atoms with E-state index < -0.39 is 29.1 Å². The molecule has 2 amide bonds. The summed E-state index contributed by atoms with van der Waals surface area (Å²) in [5, 5.41) is 7.21. The van der Waals surface area contributed by atoms with Gasteiger partial charge >= 0.3 is 6.09 Å². The summed E-state index contributed by atoms with van der Waals surface area (Å²) in [5.74, 6) is -1.42. The molecule has 16 heavy (non-hydrogen) atoms. The molecule has 1 fully saturated rings. The zero-order valence-electron chi connectivity index (χ0n) is 9.49. The fourth-order valence-corrected chi connectivity index (χ4v) is 1.19. The van der Waals surface area contributed by atoms with Crippen molar-refractivity contribution in [3.05, 3.63) is 0 Å². The topological polar surface area (TPSA) is 87.5 Å². The molecule has 0 saturated carbocycles. The number of ketones is 1. The van der Waals surface area contributed by atoms with E-state index in [1.807, 2.05) is 0 Å². The van der Waals surface area contributed by atoms with Crippen LogP contribution in [-0.2, 0) is 14.3 Å². The van der Waals surface area contributed by atoms with Crippen LogP contribution in [0, 0.1) is 5.41 Å². The fraction of sp³-hybridized carbons (Fsp3) is 0.600. The van der Waals surface area contributed by atoms with Gasteiger partial charge in [-0.15, -0.1) is 0 Å². The summed E-state index contributed by atoms with van der Waals surface area (Å²) in [6, 6.07) is 0. The zero-order chi connectivity index (χ0) is 12.5. The van der Waals surface area contributed by atoms with Gasteiger partial charge in [0.1, 0.15) is 5.60 Å². The Balaban J connectivity index is 2.75. The maximum absolute atomic E-state index is 11.6. The van der Waals surface area contributed by atoms with Gasteiger partial charge in [0.25, 0.3) is 5.91 Å². The van der Waals surface area contributed by atoms with E-state index in [-0.39, 0.29) is 13.0 Å². The van der Waals surface area contributed by atoms with Crippen molar-refractivity contribution in [2.75, 3.05) is 6.54 Å². The highest BCUT2D eigenvalue weighted by atomic mass is 16.6. The van der Waals surface area contributed by atoms with Crippen molar-refractivity contribution >= 4 is 23.5 Å². The van der Waals surface area contributed by atoms with Gasteiger partial charge in [-0.05, 0) is 20.8 Å². The van der Waals surface area contributed by atoms with E-state index in [0.717, 1.165) is 4.90 Å². The van der Waals surface area contributed by atoms with Crippen molar-refractivity contribution in [2.24, 2.45) is 0 Å². The summed E-state index contributed by atoms with van der Waals surface area (Å²) in [7, 11) is 0. The summed E-state index contributed by atoms with van der Waals surface area (Å²) in [5.41, 5.74) is -1.36. The molecule has 1 rings (SSSR count). The number of nitrogens with one attached hydrogen (secondary N) is 1.